The van der Waals surface area contributed by atoms with E-state index in [2.05, 4.69) is 10.6 Å². The van der Waals surface area contributed by atoms with Crippen molar-refractivity contribution in [3.8, 4) is 0 Å². The Kier molecular flexibility index (Phi) is 10.4. The molecule has 0 spiro atoms. The van der Waals surface area contributed by atoms with Gasteiger partial charge in [0.25, 0.3) is 0 Å². The van der Waals surface area contributed by atoms with Gasteiger partial charge in [0, 0.05) is 0 Å². The number of hydrogen-bond donors (Lipinski definition) is 2. The zero-order valence-corrected chi connectivity index (χ0v) is 19.7. The highest BCUT2D eigenvalue weighted by atomic mass is 16.5. The molecule has 0 aromatic heterocycles. The predicted octanol–water partition coefficient (Wildman–Crippen LogP) is 4.21. The van der Waals surface area contributed by atoms with Crippen LogP contribution < -0.4 is 10.6 Å². The van der Waals surface area contributed by atoms with Crippen LogP contribution in [0.2, 0.25) is 0 Å². The molecule has 0 heterocycles. The Bertz CT molecular complexity index is 886. The number of carbonyl (C=O) groups is 3. The van der Waals surface area contributed by atoms with E-state index >= 15 is 0 Å². The van der Waals surface area contributed by atoms with E-state index in [1.807, 2.05) is 88.4 Å². The number of rotatable bonds is 11. The van der Waals surface area contributed by atoms with Gasteiger partial charge in [0.2, 0.25) is 5.91 Å². The molecule has 7 nitrogen and oxygen atoms in total. The maximum absolute atomic E-state index is 13.1. The molecule has 0 bridgehead atoms. The van der Waals surface area contributed by atoms with Crippen LogP contribution in [0.25, 0.3) is 0 Å². The summed E-state index contributed by atoms with van der Waals surface area (Å²) in [6.45, 7) is 7.67. The van der Waals surface area contributed by atoms with E-state index in [-0.39, 0.29) is 25.0 Å². The monoisotopic (exact) mass is 454 g/mol. The van der Waals surface area contributed by atoms with Crippen molar-refractivity contribution >= 4 is 18.0 Å². The molecule has 2 unspecified atom stereocenters. The van der Waals surface area contributed by atoms with E-state index in [9.17, 15) is 14.4 Å². The average Bonchev–Trinajstić information content (AvgIpc) is 2.83. The van der Waals surface area contributed by atoms with Crippen LogP contribution in [0.15, 0.2) is 60.7 Å². The minimum Gasteiger partial charge on any atom is -0.459 e. The summed E-state index contributed by atoms with van der Waals surface area (Å²) in [5.74, 6) is -1.32. The van der Waals surface area contributed by atoms with Crippen molar-refractivity contribution in [3.05, 3.63) is 71.8 Å². The van der Waals surface area contributed by atoms with Crippen LogP contribution in [0.5, 0.6) is 0 Å². The second-order valence-corrected chi connectivity index (χ2v) is 8.39. The smallest absolute Gasteiger partial charge is 0.408 e. The van der Waals surface area contributed by atoms with Gasteiger partial charge in [-0.3, -0.25) is 4.79 Å². The molecule has 2 aromatic rings. The van der Waals surface area contributed by atoms with Crippen molar-refractivity contribution in [2.75, 3.05) is 0 Å². The average molecular weight is 455 g/mol. The topological polar surface area (TPSA) is 93.7 Å². The molecular weight excluding hydrogens is 420 g/mol. The molecular formula is C26H34N2O5. The summed E-state index contributed by atoms with van der Waals surface area (Å²) < 4.78 is 10.7. The maximum Gasteiger partial charge on any atom is 0.408 e. The maximum atomic E-state index is 13.1. The first-order valence-electron chi connectivity index (χ1n) is 11.3. The van der Waals surface area contributed by atoms with Crippen LogP contribution in [0, 0.1) is 11.8 Å². The number of amides is 2. The summed E-state index contributed by atoms with van der Waals surface area (Å²) >= 11 is 0. The molecule has 2 aromatic carbocycles. The van der Waals surface area contributed by atoms with Crippen LogP contribution in [0.4, 0.5) is 4.79 Å². The summed E-state index contributed by atoms with van der Waals surface area (Å²) in [4.78, 5) is 38.1. The Morgan fingerprint density at radius 1 is 0.758 bits per heavy atom. The van der Waals surface area contributed by atoms with Crippen LogP contribution in [-0.2, 0) is 32.3 Å². The third kappa shape index (κ3) is 8.60. The molecule has 0 aliphatic carbocycles. The van der Waals surface area contributed by atoms with Crippen LogP contribution in [0.1, 0.15) is 45.2 Å². The molecule has 7 heteroatoms. The molecule has 0 saturated heterocycles. The van der Waals surface area contributed by atoms with Gasteiger partial charge in [-0.25, -0.2) is 9.59 Å². The van der Waals surface area contributed by atoms with Crippen molar-refractivity contribution in [2.45, 2.75) is 59.4 Å². The molecule has 2 amide bonds. The number of esters is 1. The number of hydrogen-bond acceptors (Lipinski definition) is 5. The van der Waals surface area contributed by atoms with E-state index in [0.717, 1.165) is 11.1 Å². The van der Waals surface area contributed by atoms with Crippen molar-refractivity contribution < 1.29 is 23.9 Å². The number of carbonyl (C=O) groups excluding carboxylic acids is 3. The van der Waals surface area contributed by atoms with Gasteiger partial charge in [0.05, 0.1) is 0 Å². The van der Waals surface area contributed by atoms with Gasteiger partial charge in [-0.05, 0) is 23.0 Å². The van der Waals surface area contributed by atoms with Crippen molar-refractivity contribution in [3.63, 3.8) is 0 Å². The molecule has 178 valence electrons. The lowest BCUT2D eigenvalue weighted by atomic mass is 9.97. The number of benzene rings is 2. The lowest BCUT2D eigenvalue weighted by Crippen LogP contribution is -2.55. The Labute approximate surface area is 195 Å². The molecule has 0 aliphatic heterocycles. The fraction of sp³-hybridized carbons (Fsp3) is 0.423. The Morgan fingerprint density at radius 3 is 1.76 bits per heavy atom. The standard InChI is InChI=1S/C26H34N2O5/c1-5-19(4)23(28-26(31)33-17-21-14-10-7-11-15-21)24(29)27-22(18(2)3)25(30)32-16-20-12-8-6-9-13-20/h6-15,18-19,22-23H,5,16-17H2,1-4H3,(H,27,29)(H,28,31)/t19?,22-,23?/m0/s1. The summed E-state index contributed by atoms with van der Waals surface area (Å²) in [7, 11) is 0. The highest BCUT2D eigenvalue weighted by Gasteiger charge is 2.32. The molecule has 2 N–H and O–H groups in total. The zero-order chi connectivity index (χ0) is 24.2. The number of nitrogens with one attached hydrogen (secondary N) is 2. The number of alkyl carbamates (subject to hydrolysis) is 1. The van der Waals surface area contributed by atoms with Crippen LogP contribution in [-0.4, -0.2) is 30.1 Å². The minimum absolute atomic E-state index is 0.0992. The fourth-order valence-corrected chi connectivity index (χ4v) is 3.15. The predicted molar refractivity (Wildman–Crippen MR) is 126 cm³/mol. The van der Waals surface area contributed by atoms with Crippen molar-refractivity contribution in [2.24, 2.45) is 11.8 Å². The molecule has 33 heavy (non-hydrogen) atoms. The Balaban J connectivity index is 1.98. The first kappa shape index (κ1) is 25.9. The van der Waals surface area contributed by atoms with E-state index in [1.54, 1.807) is 0 Å². The summed E-state index contributed by atoms with van der Waals surface area (Å²) in [5.41, 5.74) is 1.71. The fourth-order valence-electron chi connectivity index (χ4n) is 3.15. The zero-order valence-electron chi connectivity index (χ0n) is 19.7. The number of ether oxygens (including phenoxy) is 2. The summed E-state index contributed by atoms with van der Waals surface area (Å²) in [5, 5.41) is 5.42. The molecule has 0 radical (unpaired) electrons. The third-order valence-corrected chi connectivity index (χ3v) is 5.42. The van der Waals surface area contributed by atoms with Gasteiger partial charge in [-0.2, -0.15) is 0 Å². The largest absolute Gasteiger partial charge is 0.459 e. The highest BCUT2D eigenvalue weighted by Crippen LogP contribution is 2.12. The van der Waals surface area contributed by atoms with E-state index in [1.165, 1.54) is 0 Å². The molecule has 0 saturated carbocycles. The van der Waals surface area contributed by atoms with Gasteiger partial charge < -0.3 is 20.1 Å². The van der Waals surface area contributed by atoms with Gasteiger partial charge in [0.15, 0.2) is 0 Å². The Hall–Kier alpha value is -3.35. The molecule has 0 aliphatic rings. The lowest BCUT2D eigenvalue weighted by Gasteiger charge is -2.27. The van der Waals surface area contributed by atoms with E-state index in [0.29, 0.717) is 6.42 Å². The van der Waals surface area contributed by atoms with Crippen molar-refractivity contribution in [1.82, 2.24) is 10.6 Å². The third-order valence-electron chi connectivity index (χ3n) is 5.42. The van der Waals surface area contributed by atoms with Gasteiger partial charge in [-0.1, -0.05) is 94.8 Å². The van der Waals surface area contributed by atoms with Gasteiger partial charge >= 0.3 is 12.1 Å². The SMILES string of the molecule is CCC(C)C(NC(=O)OCc1ccccc1)C(=O)N[C@H](C(=O)OCc1ccccc1)C(C)C. The van der Waals surface area contributed by atoms with Gasteiger partial charge in [0.1, 0.15) is 25.3 Å². The van der Waals surface area contributed by atoms with Gasteiger partial charge in [-0.15, -0.1) is 0 Å². The Morgan fingerprint density at radius 2 is 1.27 bits per heavy atom. The highest BCUT2D eigenvalue weighted by molar-refractivity contribution is 5.90. The summed E-state index contributed by atoms with van der Waals surface area (Å²) in [6, 6.07) is 16.9. The minimum atomic E-state index is -0.846. The molecule has 2 rings (SSSR count). The second-order valence-electron chi connectivity index (χ2n) is 8.39. The summed E-state index contributed by atoms with van der Waals surface area (Å²) in [6.07, 6.45) is -0.0333. The molecule has 0 fully saturated rings. The second kappa shape index (κ2) is 13.3. The van der Waals surface area contributed by atoms with Crippen LogP contribution >= 0.6 is 0 Å². The first-order chi connectivity index (χ1) is 15.8. The van der Waals surface area contributed by atoms with Crippen LogP contribution in [0.3, 0.4) is 0 Å². The normalized spacial score (nSPS) is 13.5. The molecule has 3 atom stereocenters. The van der Waals surface area contributed by atoms with Crippen molar-refractivity contribution in [1.29, 1.82) is 0 Å². The first-order valence-corrected chi connectivity index (χ1v) is 11.3. The van der Waals surface area contributed by atoms with E-state index < -0.39 is 30.1 Å². The quantitative estimate of drug-likeness (QED) is 0.496. The van der Waals surface area contributed by atoms with E-state index in [4.69, 9.17) is 9.47 Å². The lowest BCUT2D eigenvalue weighted by molar-refractivity contribution is -0.150.